The van der Waals surface area contributed by atoms with Crippen molar-refractivity contribution in [3.05, 3.63) is 67.4 Å². The molecule has 1 aromatic heterocycles. The van der Waals surface area contributed by atoms with Gasteiger partial charge in [-0.2, -0.15) is 13.2 Å². The second kappa shape index (κ2) is 5.77. The van der Waals surface area contributed by atoms with Crippen molar-refractivity contribution in [2.24, 2.45) is 0 Å². The van der Waals surface area contributed by atoms with Gasteiger partial charge in [0.2, 0.25) is 0 Å². The first-order chi connectivity index (χ1) is 9.77. The van der Waals surface area contributed by atoms with Gasteiger partial charge in [-0.15, -0.1) is 0 Å². The summed E-state index contributed by atoms with van der Waals surface area (Å²) < 4.78 is 38.0. The molecule has 0 bridgehead atoms. The molecule has 8 heteroatoms. The lowest BCUT2D eigenvalue weighted by atomic mass is 10.1. The van der Waals surface area contributed by atoms with E-state index in [0.29, 0.717) is 17.5 Å². The zero-order valence-corrected chi connectivity index (χ0v) is 11.3. The fourth-order valence-corrected chi connectivity index (χ4v) is 1.90. The van der Waals surface area contributed by atoms with Crippen molar-refractivity contribution in [3.8, 4) is 0 Å². The predicted octanol–water partition coefficient (Wildman–Crippen LogP) is 2.45. The third-order valence-electron chi connectivity index (χ3n) is 2.86. The molecule has 1 aromatic carbocycles. The van der Waals surface area contributed by atoms with Gasteiger partial charge in [0, 0.05) is 17.6 Å². The van der Waals surface area contributed by atoms with E-state index in [4.69, 9.17) is 11.6 Å². The highest BCUT2D eigenvalue weighted by Gasteiger charge is 2.32. The smallest absolute Gasteiger partial charge is 0.303 e. The summed E-state index contributed by atoms with van der Waals surface area (Å²) in [5.41, 5.74) is -2.60. The van der Waals surface area contributed by atoms with E-state index in [1.807, 2.05) is 0 Å². The Kier molecular flexibility index (Phi) is 4.22. The monoisotopic (exact) mass is 318 g/mol. The van der Waals surface area contributed by atoms with Gasteiger partial charge in [0.05, 0.1) is 0 Å². The summed E-state index contributed by atoms with van der Waals surface area (Å²) in [6, 6.07) is 7.10. The zero-order valence-electron chi connectivity index (χ0n) is 10.6. The van der Waals surface area contributed by atoms with Crippen molar-refractivity contribution in [2.75, 3.05) is 0 Å². The van der Waals surface area contributed by atoms with Crippen LogP contribution in [0.3, 0.4) is 0 Å². The maximum atomic E-state index is 12.4. The van der Waals surface area contributed by atoms with Crippen LogP contribution in [0.2, 0.25) is 5.02 Å². The van der Waals surface area contributed by atoms with E-state index in [1.165, 1.54) is 0 Å². The van der Waals surface area contributed by atoms with Crippen molar-refractivity contribution in [1.82, 2.24) is 9.55 Å². The highest BCUT2D eigenvalue weighted by molar-refractivity contribution is 6.30. The van der Waals surface area contributed by atoms with E-state index in [9.17, 15) is 22.8 Å². The molecule has 2 rings (SSSR count). The molecule has 1 N–H and O–H groups in total. The van der Waals surface area contributed by atoms with Crippen LogP contribution in [0.1, 0.15) is 11.3 Å². The number of aromatic amines is 1. The third kappa shape index (κ3) is 3.75. The van der Waals surface area contributed by atoms with E-state index in [2.05, 4.69) is 0 Å². The molecule has 0 aliphatic carbocycles. The number of nitrogens with zero attached hydrogens (tertiary/aromatic N) is 1. The van der Waals surface area contributed by atoms with Crippen molar-refractivity contribution in [1.29, 1.82) is 0 Å². The number of halogens is 4. The molecule has 0 aliphatic heterocycles. The fourth-order valence-electron chi connectivity index (χ4n) is 1.78. The van der Waals surface area contributed by atoms with Crippen LogP contribution in [0.4, 0.5) is 13.2 Å². The number of H-pyrrole nitrogens is 1. The maximum Gasteiger partial charge on any atom is 0.431 e. The van der Waals surface area contributed by atoms with Crippen LogP contribution in [0.5, 0.6) is 0 Å². The van der Waals surface area contributed by atoms with Gasteiger partial charge in [0.15, 0.2) is 0 Å². The van der Waals surface area contributed by atoms with Crippen molar-refractivity contribution in [3.63, 3.8) is 0 Å². The molecule has 112 valence electrons. The largest absolute Gasteiger partial charge is 0.431 e. The molecule has 2 aromatic rings. The number of rotatable bonds is 3. The van der Waals surface area contributed by atoms with E-state index < -0.39 is 23.1 Å². The van der Waals surface area contributed by atoms with E-state index in [1.54, 1.807) is 29.2 Å². The quantitative estimate of drug-likeness (QED) is 0.945. The second-order valence-corrected chi connectivity index (χ2v) is 4.79. The zero-order chi connectivity index (χ0) is 15.6. The Labute approximate surface area is 121 Å². The first-order valence-electron chi connectivity index (χ1n) is 5.93. The normalized spacial score (nSPS) is 11.6. The lowest BCUT2D eigenvalue weighted by molar-refractivity contribution is -0.141. The van der Waals surface area contributed by atoms with Crippen LogP contribution >= 0.6 is 11.6 Å². The van der Waals surface area contributed by atoms with E-state index in [0.717, 1.165) is 10.1 Å². The lowest BCUT2D eigenvalue weighted by Crippen LogP contribution is -2.37. The van der Waals surface area contributed by atoms with Crippen molar-refractivity contribution >= 4 is 11.6 Å². The Bertz CT molecular complexity index is 716. The van der Waals surface area contributed by atoms with E-state index >= 15 is 0 Å². The van der Waals surface area contributed by atoms with Crippen LogP contribution in [0.15, 0.2) is 39.9 Å². The summed E-state index contributed by atoms with van der Waals surface area (Å²) in [5, 5.41) is 0.545. The molecule has 21 heavy (non-hydrogen) atoms. The molecule has 4 nitrogen and oxygen atoms in total. The number of benzene rings is 1. The number of hydrogen-bond donors (Lipinski definition) is 1. The molecule has 0 unspecified atom stereocenters. The Hall–Kier alpha value is -2.02. The van der Waals surface area contributed by atoms with Crippen LogP contribution in [0.25, 0.3) is 0 Å². The minimum absolute atomic E-state index is 0.0199. The summed E-state index contributed by atoms with van der Waals surface area (Å²) >= 11 is 5.72. The Balaban J connectivity index is 2.23. The van der Waals surface area contributed by atoms with Gasteiger partial charge in [-0.05, 0) is 24.1 Å². The highest BCUT2D eigenvalue weighted by Crippen LogP contribution is 2.25. The summed E-state index contributed by atoms with van der Waals surface area (Å²) in [7, 11) is 0. The molecule has 0 aliphatic rings. The predicted molar refractivity (Wildman–Crippen MR) is 71.5 cm³/mol. The summed E-state index contributed by atoms with van der Waals surface area (Å²) in [6.45, 7) is -0.0199. The molecule has 0 atom stereocenters. The number of alkyl halides is 3. The number of hydrogen-bond acceptors (Lipinski definition) is 2. The summed E-state index contributed by atoms with van der Waals surface area (Å²) in [6.07, 6.45) is -4.43. The third-order valence-corrected chi connectivity index (χ3v) is 3.12. The second-order valence-electron chi connectivity index (χ2n) is 4.35. The Morgan fingerprint density at radius 3 is 2.29 bits per heavy atom. The molecule has 0 saturated heterocycles. The summed E-state index contributed by atoms with van der Waals surface area (Å²) in [4.78, 5) is 24.8. The van der Waals surface area contributed by atoms with Gasteiger partial charge in [0.1, 0.15) is 5.69 Å². The van der Waals surface area contributed by atoms with Gasteiger partial charge >= 0.3 is 11.9 Å². The minimum Gasteiger partial charge on any atom is -0.303 e. The Morgan fingerprint density at radius 2 is 1.76 bits per heavy atom. The first-order valence-corrected chi connectivity index (χ1v) is 6.31. The summed E-state index contributed by atoms with van der Waals surface area (Å²) in [5.74, 6) is 0. The molecular weight excluding hydrogens is 309 g/mol. The molecule has 0 spiro atoms. The molecule has 0 amide bonds. The SMILES string of the molecule is O=c1cc(C(F)(F)F)[nH]c(=O)n1CCc1ccc(Cl)cc1. The minimum atomic E-state index is -4.76. The molecule has 0 fully saturated rings. The van der Waals surface area contributed by atoms with Crippen LogP contribution in [0, 0.1) is 0 Å². The van der Waals surface area contributed by atoms with Gasteiger partial charge in [0.25, 0.3) is 5.56 Å². The maximum absolute atomic E-state index is 12.4. The average Bonchev–Trinajstić information content (AvgIpc) is 2.38. The molecule has 0 radical (unpaired) electrons. The molecule has 0 saturated carbocycles. The number of aromatic nitrogens is 2. The van der Waals surface area contributed by atoms with Crippen molar-refractivity contribution < 1.29 is 13.2 Å². The van der Waals surface area contributed by atoms with Gasteiger partial charge in [-0.3, -0.25) is 9.36 Å². The fraction of sp³-hybridized carbons (Fsp3) is 0.231. The van der Waals surface area contributed by atoms with Crippen LogP contribution in [-0.4, -0.2) is 9.55 Å². The number of aryl methyl sites for hydroxylation is 1. The van der Waals surface area contributed by atoms with Gasteiger partial charge in [-0.1, -0.05) is 23.7 Å². The van der Waals surface area contributed by atoms with Crippen LogP contribution in [-0.2, 0) is 19.1 Å². The Morgan fingerprint density at radius 1 is 1.14 bits per heavy atom. The standard InChI is InChI=1S/C13H10ClF3N2O2/c14-9-3-1-8(2-4-9)5-6-19-11(20)7-10(13(15,16)17)18-12(19)21/h1-4,7H,5-6H2,(H,18,21). The average molecular weight is 319 g/mol. The lowest BCUT2D eigenvalue weighted by Gasteiger charge is -2.09. The first kappa shape index (κ1) is 15.4. The molecular formula is C13H10ClF3N2O2. The molecule has 1 heterocycles. The van der Waals surface area contributed by atoms with Crippen molar-refractivity contribution in [2.45, 2.75) is 19.1 Å². The van der Waals surface area contributed by atoms with Gasteiger partial charge < -0.3 is 4.98 Å². The van der Waals surface area contributed by atoms with E-state index in [-0.39, 0.29) is 6.54 Å². The highest BCUT2D eigenvalue weighted by atomic mass is 35.5. The topological polar surface area (TPSA) is 54.9 Å². The number of nitrogens with one attached hydrogen (secondary N) is 1. The van der Waals surface area contributed by atoms with Crippen LogP contribution < -0.4 is 11.2 Å². The van der Waals surface area contributed by atoms with Gasteiger partial charge in [-0.25, -0.2) is 4.79 Å².